The smallest absolute Gasteiger partial charge is 0.343 e. The van der Waals surface area contributed by atoms with E-state index in [9.17, 15) is 9.59 Å². The number of halogens is 1. The summed E-state index contributed by atoms with van der Waals surface area (Å²) in [6.45, 7) is 1.96. The lowest BCUT2D eigenvalue weighted by atomic mass is 10.1. The average molecular weight is 462 g/mol. The zero-order valence-electron chi connectivity index (χ0n) is 13.5. The van der Waals surface area contributed by atoms with Gasteiger partial charge in [0.15, 0.2) is 5.43 Å². The van der Waals surface area contributed by atoms with Crippen LogP contribution in [0.1, 0.15) is 17.3 Å². The minimum Gasteiger partial charge on any atom is -0.462 e. The van der Waals surface area contributed by atoms with Crippen molar-refractivity contribution in [3.05, 3.63) is 80.0 Å². The molecule has 0 unspecified atom stereocenters. The SMILES string of the molecule is CCOC(=O)c1c(-c2ccccc2)sc(-c2ccc(I)cc2)cc1=O. The molecule has 0 saturated heterocycles. The topological polar surface area (TPSA) is 43.4 Å². The van der Waals surface area contributed by atoms with Gasteiger partial charge in [-0.2, -0.15) is 0 Å². The monoisotopic (exact) mass is 462 g/mol. The Hall–Kier alpha value is -1.99. The van der Waals surface area contributed by atoms with E-state index in [1.165, 1.54) is 17.4 Å². The van der Waals surface area contributed by atoms with Gasteiger partial charge in [-0.25, -0.2) is 4.79 Å². The minimum atomic E-state index is -0.572. The molecule has 5 heteroatoms. The summed E-state index contributed by atoms with van der Waals surface area (Å²) in [5, 5.41) is 0. The van der Waals surface area contributed by atoms with Crippen LogP contribution in [0.2, 0.25) is 0 Å². The van der Waals surface area contributed by atoms with Crippen LogP contribution in [0.4, 0.5) is 0 Å². The third kappa shape index (κ3) is 3.99. The molecule has 0 radical (unpaired) electrons. The maximum absolute atomic E-state index is 12.7. The normalized spacial score (nSPS) is 10.5. The summed E-state index contributed by atoms with van der Waals surface area (Å²) in [4.78, 5) is 26.5. The van der Waals surface area contributed by atoms with E-state index < -0.39 is 5.97 Å². The molecular formula is C20H15IO3S. The summed E-state index contributed by atoms with van der Waals surface area (Å²) in [7, 11) is 0. The molecule has 3 rings (SSSR count). The first-order chi connectivity index (χ1) is 12.1. The molecular weight excluding hydrogens is 447 g/mol. The molecule has 25 heavy (non-hydrogen) atoms. The molecule has 0 aliphatic carbocycles. The summed E-state index contributed by atoms with van der Waals surface area (Å²) in [6.07, 6.45) is 0. The molecule has 0 N–H and O–H groups in total. The fourth-order valence-electron chi connectivity index (χ4n) is 2.44. The van der Waals surface area contributed by atoms with Crippen molar-refractivity contribution in [2.24, 2.45) is 0 Å². The van der Waals surface area contributed by atoms with Crippen LogP contribution in [-0.4, -0.2) is 12.6 Å². The molecule has 0 spiro atoms. The number of carbonyl (C=O) groups is 1. The molecule has 0 bridgehead atoms. The zero-order chi connectivity index (χ0) is 17.8. The number of esters is 1. The molecule has 0 aliphatic rings. The zero-order valence-corrected chi connectivity index (χ0v) is 16.5. The van der Waals surface area contributed by atoms with Crippen LogP contribution >= 0.6 is 33.9 Å². The molecule has 0 saturated carbocycles. The van der Waals surface area contributed by atoms with Crippen molar-refractivity contribution in [3.8, 4) is 20.9 Å². The van der Waals surface area contributed by atoms with Gasteiger partial charge in [-0.15, -0.1) is 11.3 Å². The summed E-state index contributed by atoms with van der Waals surface area (Å²) < 4.78 is 6.22. The molecule has 0 atom stereocenters. The van der Waals surface area contributed by atoms with Crippen molar-refractivity contribution in [2.75, 3.05) is 6.61 Å². The molecule has 0 aliphatic heterocycles. The van der Waals surface area contributed by atoms with Gasteiger partial charge >= 0.3 is 5.97 Å². The van der Waals surface area contributed by atoms with Crippen LogP contribution in [0, 0.1) is 3.57 Å². The first kappa shape index (κ1) is 17.8. The van der Waals surface area contributed by atoms with Crippen molar-refractivity contribution in [2.45, 2.75) is 6.92 Å². The number of hydrogen-bond donors (Lipinski definition) is 0. The summed E-state index contributed by atoms with van der Waals surface area (Å²) in [5.74, 6) is -0.572. The van der Waals surface area contributed by atoms with Crippen molar-refractivity contribution >= 4 is 39.9 Å². The molecule has 126 valence electrons. The fourth-order valence-corrected chi connectivity index (χ4v) is 3.98. The van der Waals surface area contributed by atoms with E-state index in [2.05, 4.69) is 22.6 Å². The standard InChI is InChI=1S/C20H15IO3S/c1-2-24-20(23)18-16(22)12-17(13-8-10-15(21)11-9-13)25-19(18)14-6-4-3-5-7-14/h3-12H,2H2,1H3. The molecule has 3 aromatic rings. The maximum Gasteiger partial charge on any atom is 0.343 e. The maximum atomic E-state index is 12.7. The van der Waals surface area contributed by atoms with E-state index >= 15 is 0 Å². The van der Waals surface area contributed by atoms with Crippen LogP contribution in [0.25, 0.3) is 20.9 Å². The van der Waals surface area contributed by atoms with Crippen LogP contribution in [0.5, 0.6) is 0 Å². The largest absolute Gasteiger partial charge is 0.462 e. The number of hydrogen-bond acceptors (Lipinski definition) is 4. The highest BCUT2D eigenvalue weighted by Gasteiger charge is 2.20. The predicted molar refractivity (Wildman–Crippen MR) is 110 cm³/mol. The first-order valence-electron chi connectivity index (χ1n) is 7.76. The highest BCUT2D eigenvalue weighted by Crippen LogP contribution is 2.33. The van der Waals surface area contributed by atoms with Gasteiger partial charge in [0.2, 0.25) is 0 Å². The second-order valence-corrected chi connectivity index (χ2v) is 7.57. The van der Waals surface area contributed by atoms with E-state index in [0.29, 0.717) is 4.88 Å². The van der Waals surface area contributed by atoms with Crippen molar-refractivity contribution in [3.63, 3.8) is 0 Å². The molecule has 0 amide bonds. The number of benzene rings is 2. The molecule has 1 heterocycles. The van der Waals surface area contributed by atoms with Gasteiger partial charge in [0.05, 0.1) is 11.5 Å². The Bertz CT molecular complexity index is 947. The van der Waals surface area contributed by atoms with Crippen LogP contribution in [0.3, 0.4) is 0 Å². The average Bonchev–Trinajstić information content (AvgIpc) is 2.62. The van der Waals surface area contributed by atoms with E-state index in [4.69, 9.17) is 4.74 Å². The van der Waals surface area contributed by atoms with Gasteiger partial charge in [-0.1, -0.05) is 42.5 Å². The predicted octanol–water partition coefficient (Wildman–Crippen LogP) is 5.22. The number of carbonyl (C=O) groups excluding carboxylic acids is 1. The van der Waals surface area contributed by atoms with Crippen molar-refractivity contribution in [1.29, 1.82) is 0 Å². The van der Waals surface area contributed by atoms with Crippen LogP contribution in [0.15, 0.2) is 65.5 Å². The molecule has 3 nitrogen and oxygen atoms in total. The Balaban J connectivity index is 2.22. The first-order valence-corrected chi connectivity index (χ1v) is 9.66. The van der Waals surface area contributed by atoms with Gasteiger partial charge in [0.25, 0.3) is 0 Å². The Morgan fingerprint density at radius 2 is 1.72 bits per heavy atom. The molecule has 0 fully saturated rings. The third-order valence-electron chi connectivity index (χ3n) is 3.59. The molecule has 1 aromatic heterocycles. The summed E-state index contributed by atoms with van der Waals surface area (Å²) in [5.41, 5.74) is 1.58. The van der Waals surface area contributed by atoms with Gasteiger partial charge in [0, 0.05) is 14.5 Å². The Morgan fingerprint density at radius 1 is 1.04 bits per heavy atom. The van der Waals surface area contributed by atoms with E-state index in [1.807, 2.05) is 54.6 Å². The van der Waals surface area contributed by atoms with Gasteiger partial charge in [-0.3, -0.25) is 4.79 Å². The summed E-state index contributed by atoms with van der Waals surface area (Å²) >= 11 is 3.67. The fraction of sp³-hybridized carbons (Fsp3) is 0.100. The lowest BCUT2D eigenvalue weighted by molar-refractivity contribution is 0.0526. The molecule has 2 aromatic carbocycles. The highest BCUT2D eigenvalue weighted by atomic mass is 127. The number of rotatable bonds is 4. The van der Waals surface area contributed by atoms with Crippen molar-refractivity contribution < 1.29 is 9.53 Å². The van der Waals surface area contributed by atoms with Crippen molar-refractivity contribution in [1.82, 2.24) is 0 Å². The lowest BCUT2D eigenvalue weighted by Crippen LogP contribution is -2.17. The van der Waals surface area contributed by atoms with Gasteiger partial charge < -0.3 is 4.74 Å². The van der Waals surface area contributed by atoms with Crippen LogP contribution in [-0.2, 0) is 4.74 Å². The third-order valence-corrected chi connectivity index (χ3v) is 5.53. The van der Waals surface area contributed by atoms with E-state index in [0.717, 1.165) is 19.6 Å². The van der Waals surface area contributed by atoms with E-state index in [-0.39, 0.29) is 17.6 Å². The van der Waals surface area contributed by atoms with E-state index in [1.54, 1.807) is 6.92 Å². The van der Waals surface area contributed by atoms with Crippen LogP contribution < -0.4 is 5.43 Å². The lowest BCUT2D eigenvalue weighted by Gasteiger charge is -2.10. The highest BCUT2D eigenvalue weighted by molar-refractivity contribution is 14.1. The Labute approximate surface area is 163 Å². The summed E-state index contributed by atoms with van der Waals surface area (Å²) in [6, 6.07) is 18.9. The number of ether oxygens (including phenoxy) is 1. The minimum absolute atomic E-state index is 0.104. The Morgan fingerprint density at radius 3 is 2.36 bits per heavy atom. The quantitative estimate of drug-likeness (QED) is 0.394. The second-order valence-electron chi connectivity index (χ2n) is 5.27. The van der Waals surface area contributed by atoms with Gasteiger partial charge in [0.1, 0.15) is 5.56 Å². The Kier molecular flexibility index (Phi) is 5.65. The van der Waals surface area contributed by atoms with Gasteiger partial charge in [-0.05, 0) is 52.8 Å². The second kappa shape index (κ2) is 7.93.